The van der Waals surface area contributed by atoms with E-state index in [1.165, 1.54) is 17.9 Å². The fourth-order valence-corrected chi connectivity index (χ4v) is 5.16. The Morgan fingerprint density at radius 1 is 0.956 bits per heavy atom. The van der Waals surface area contributed by atoms with Crippen molar-refractivity contribution in [1.29, 1.82) is 0 Å². The molecule has 8 nitrogen and oxygen atoms in total. The molecule has 0 aliphatic carbocycles. The molecule has 2 heterocycles. The number of aryl methyl sites for hydroxylation is 1. The molecular weight excluding hydrogens is 623 g/mol. The van der Waals surface area contributed by atoms with E-state index < -0.39 is 65.1 Å². The van der Waals surface area contributed by atoms with Crippen LogP contribution in [0.25, 0.3) is 0 Å². The highest BCUT2D eigenvalue weighted by Crippen LogP contribution is 2.45. The number of alkyl halides is 9. The highest BCUT2D eigenvalue weighted by atomic mass is 19.4. The lowest BCUT2D eigenvalue weighted by Gasteiger charge is -2.33. The Bertz CT molecular complexity index is 1480. The molecule has 0 saturated heterocycles. The summed E-state index contributed by atoms with van der Waals surface area (Å²) in [5, 5.41) is 13.4. The van der Waals surface area contributed by atoms with E-state index in [1.807, 2.05) is 0 Å². The number of rotatable bonds is 5. The maximum Gasteiger partial charge on any atom is 0.416 e. The Morgan fingerprint density at radius 3 is 2.07 bits per heavy atom. The SMILES string of the molecule is CCc1cc2c(cc1C(F)(F)F)N(C(=O)OC(C)(C)C)CCCC2N(Cc1cc(C(F)(F)F)cc(C(F)(F)F)c1)c1nn[nH]n1. The first kappa shape index (κ1) is 33.8. The second-order valence-corrected chi connectivity index (χ2v) is 11.5. The number of aromatic amines is 1. The zero-order valence-corrected chi connectivity index (χ0v) is 24.5. The first-order valence-electron chi connectivity index (χ1n) is 13.7. The van der Waals surface area contributed by atoms with Crippen LogP contribution in [0, 0.1) is 0 Å². The standard InChI is InChI=1S/C28H29F9N6O2/c1-5-16-11-19-21(7-6-8-42(24(44)45-25(2,3)4)22(19)13-20(16)28(35,36)37)43(23-38-40-41-39-23)14-15-9-17(26(29,30)31)12-18(10-15)27(32,33)34/h9-13,21H,5-8,14H2,1-4H3,(H,38,39,40,41). The number of H-pyrrole nitrogens is 1. The number of amides is 1. The van der Waals surface area contributed by atoms with Crippen molar-refractivity contribution in [3.8, 4) is 0 Å². The van der Waals surface area contributed by atoms with Gasteiger partial charge in [0.05, 0.1) is 28.4 Å². The van der Waals surface area contributed by atoms with Crippen molar-refractivity contribution < 1.29 is 49.0 Å². The van der Waals surface area contributed by atoms with E-state index in [-0.39, 0.29) is 54.6 Å². The summed E-state index contributed by atoms with van der Waals surface area (Å²) in [6.07, 6.45) is -15.8. The van der Waals surface area contributed by atoms with Crippen LogP contribution in [0.2, 0.25) is 0 Å². The molecule has 0 spiro atoms. The number of aromatic nitrogens is 4. The van der Waals surface area contributed by atoms with E-state index in [4.69, 9.17) is 4.74 Å². The van der Waals surface area contributed by atoms with E-state index in [0.717, 1.165) is 11.0 Å². The fourth-order valence-electron chi connectivity index (χ4n) is 5.16. The van der Waals surface area contributed by atoms with Gasteiger partial charge in [-0.05, 0) is 86.2 Å². The Morgan fingerprint density at radius 2 is 1.58 bits per heavy atom. The zero-order valence-electron chi connectivity index (χ0n) is 24.5. The number of nitrogens with zero attached hydrogens (tertiary/aromatic N) is 5. The van der Waals surface area contributed by atoms with Gasteiger partial charge < -0.3 is 9.64 Å². The number of carbonyl (C=O) groups is 1. The molecule has 45 heavy (non-hydrogen) atoms. The van der Waals surface area contributed by atoms with Crippen LogP contribution in [0.5, 0.6) is 0 Å². The van der Waals surface area contributed by atoms with Gasteiger partial charge in [0.2, 0.25) is 0 Å². The molecule has 3 aromatic rings. The van der Waals surface area contributed by atoms with Crippen LogP contribution in [0.3, 0.4) is 0 Å². The first-order chi connectivity index (χ1) is 20.7. The summed E-state index contributed by atoms with van der Waals surface area (Å²) in [4.78, 5) is 15.6. The quantitative estimate of drug-likeness (QED) is 0.281. The summed E-state index contributed by atoms with van der Waals surface area (Å²) < 4.78 is 130. The van der Waals surface area contributed by atoms with Crippen LogP contribution in [-0.2, 0) is 36.2 Å². The van der Waals surface area contributed by atoms with E-state index in [1.54, 1.807) is 20.8 Å². The van der Waals surface area contributed by atoms with Crippen molar-refractivity contribution in [1.82, 2.24) is 20.6 Å². The van der Waals surface area contributed by atoms with Gasteiger partial charge >= 0.3 is 24.6 Å². The lowest BCUT2D eigenvalue weighted by atomic mass is 9.93. The van der Waals surface area contributed by atoms with Gasteiger partial charge in [-0.3, -0.25) is 4.90 Å². The number of anilines is 2. The molecule has 1 unspecified atom stereocenters. The minimum Gasteiger partial charge on any atom is -0.443 e. The predicted octanol–water partition coefficient (Wildman–Crippen LogP) is 8.10. The molecule has 1 N–H and O–H groups in total. The molecule has 0 fully saturated rings. The summed E-state index contributed by atoms with van der Waals surface area (Å²) in [5.74, 6) is -0.236. The lowest BCUT2D eigenvalue weighted by Crippen LogP contribution is -2.37. The molecule has 4 rings (SSSR count). The molecule has 17 heteroatoms. The van der Waals surface area contributed by atoms with Gasteiger partial charge in [0.25, 0.3) is 5.95 Å². The molecule has 1 amide bonds. The van der Waals surface area contributed by atoms with Crippen molar-refractivity contribution in [2.24, 2.45) is 0 Å². The van der Waals surface area contributed by atoms with Gasteiger partial charge in [-0.15, -0.1) is 5.10 Å². The first-order valence-corrected chi connectivity index (χ1v) is 13.7. The van der Waals surface area contributed by atoms with E-state index in [0.29, 0.717) is 12.1 Å². The summed E-state index contributed by atoms with van der Waals surface area (Å²) in [6, 6.07) is 2.15. The molecule has 0 saturated carbocycles. The van der Waals surface area contributed by atoms with Gasteiger partial charge in [0, 0.05) is 13.1 Å². The molecule has 1 aliphatic heterocycles. The van der Waals surface area contributed by atoms with Gasteiger partial charge in [0.15, 0.2) is 0 Å². The van der Waals surface area contributed by atoms with Crippen LogP contribution in [-0.4, -0.2) is 38.9 Å². The lowest BCUT2D eigenvalue weighted by molar-refractivity contribution is -0.143. The smallest absolute Gasteiger partial charge is 0.416 e. The molecule has 1 aromatic heterocycles. The van der Waals surface area contributed by atoms with Crippen molar-refractivity contribution in [2.75, 3.05) is 16.3 Å². The van der Waals surface area contributed by atoms with Crippen molar-refractivity contribution in [3.05, 3.63) is 63.7 Å². The Hall–Kier alpha value is -4.05. The third kappa shape index (κ3) is 7.79. The van der Waals surface area contributed by atoms with Gasteiger partial charge in [0.1, 0.15) is 5.60 Å². The molecule has 1 aliphatic rings. The highest BCUT2D eigenvalue weighted by Gasteiger charge is 2.40. The summed E-state index contributed by atoms with van der Waals surface area (Å²) in [5.41, 5.74) is -5.67. The van der Waals surface area contributed by atoms with Crippen LogP contribution in [0.15, 0.2) is 30.3 Å². The second-order valence-electron chi connectivity index (χ2n) is 11.5. The summed E-state index contributed by atoms with van der Waals surface area (Å²) in [6.45, 7) is 5.52. The number of nitrogens with one attached hydrogen (secondary N) is 1. The normalized spacial score (nSPS) is 16.3. The molecule has 1 atom stereocenters. The Balaban J connectivity index is 1.93. The average molecular weight is 653 g/mol. The number of tetrazole rings is 1. The third-order valence-electron chi connectivity index (χ3n) is 7.03. The monoisotopic (exact) mass is 652 g/mol. The van der Waals surface area contributed by atoms with Gasteiger partial charge in [-0.2, -0.15) is 44.7 Å². The maximum atomic E-state index is 14.2. The molecular formula is C28H29F9N6O2. The number of halogens is 9. The number of hydrogen-bond acceptors (Lipinski definition) is 6. The van der Waals surface area contributed by atoms with E-state index >= 15 is 0 Å². The number of fused-ring (bicyclic) bond motifs is 1. The van der Waals surface area contributed by atoms with Crippen LogP contribution >= 0.6 is 0 Å². The second kappa shape index (κ2) is 12.0. The molecule has 2 aromatic carbocycles. The van der Waals surface area contributed by atoms with Gasteiger partial charge in [-0.1, -0.05) is 18.1 Å². The topological polar surface area (TPSA) is 87.2 Å². The molecule has 0 bridgehead atoms. The fraction of sp³-hybridized carbons (Fsp3) is 0.500. The number of ether oxygens (including phenoxy) is 1. The van der Waals surface area contributed by atoms with Crippen molar-refractivity contribution in [3.63, 3.8) is 0 Å². The van der Waals surface area contributed by atoms with Crippen LogP contribution in [0.4, 0.5) is 55.9 Å². The number of benzene rings is 2. The molecule has 246 valence electrons. The van der Waals surface area contributed by atoms with Crippen LogP contribution < -0.4 is 9.80 Å². The van der Waals surface area contributed by atoms with Crippen LogP contribution in [0.1, 0.15) is 80.0 Å². The van der Waals surface area contributed by atoms with Crippen molar-refractivity contribution >= 4 is 17.7 Å². The highest BCUT2D eigenvalue weighted by molar-refractivity contribution is 5.90. The minimum atomic E-state index is -5.11. The zero-order chi connectivity index (χ0) is 33.5. The van der Waals surface area contributed by atoms with E-state index in [2.05, 4.69) is 20.6 Å². The number of hydrogen-bond donors (Lipinski definition) is 1. The Labute approximate surface area is 251 Å². The van der Waals surface area contributed by atoms with Gasteiger partial charge in [-0.25, -0.2) is 4.79 Å². The summed E-state index contributed by atoms with van der Waals surface area (Å²) >= 11 is 0. The molecule has 0 radical (unpaired) electrons. The minimum absolute atomic E-state index is 0.00591. The predicted molar refractivity (Wildman–Crippen MR) is 143 cm³/mol. The summed E-state index contributed by atoms with van der Waals surface area (Å²) in [7, 11) is 0. The maximum absolute atomic E-state index is 14.2. The largest absolute Gasteiger partial charge is 0.443 e. The van der Waals surface area contributed by atoms with E-state index in [9.17, 15) is 44.3 Å². The van der Waals surface area contributed by atoms with Crippen molar-refractivity contribution in [2.45, 2.75) is 83.7 Å². The third-order valence-corrected chi connectivity index (χ3v) is 7.03. The average Bonchev–Trinajstić information content (AvgIpc) is 3.37. The number of carbonyl (C=O) groups excluding carboxylic acids is 1. The Kier molecular flexibility index (Phi) is 9.05.